The maximum atomic E-state index is 11.1. The molecule has 1 N–H and O–H groups in total. The minimum absolute atomic E-state index is 0.282. The second-order valence-electron chi connectivity index (χ2n) is 5.47. The van der Waals surface area contributed by atoms with Crippen LogP contribution in [0, 0.1) is 5.92 Å². The van der Waals surface area contributed by atoms with Crippen LogP contribution >= 0.6 is 0 Å². The number of rotatable bonds is 3. The number of carbonyl (C=O) groups is 1. The summed E-state index contributed by atoms with van der Waals surface area (Å²) in [6, 6.07) is 8.02. The summed E-state index contributed by atoms with van der Waals surface area (Å²) in [6.07, 6.45) is 1.65. The van der Waals surface area contributed by atoms with Crippen molar-refractivity contribution in [3.8, 4) is 0 Å². The first-order valence-corrected chi connectivity index (χ1v) is 6.95. The van der Waals surface area contributed by atoms with Crippen LogP contribution in [0.3, 0.4) is 0 Å². The molecule has 2 atom stereocenters. The van der Waals surface area contributed by atoms with Crippen LogP contribution in [0.15, 0.2) is 28.7 Å². The lowest BCUT2D eigenvalue weighted by molar-refractivity contribution is -0.144. The van der Waals surface area contributed by atoms with Gasteiger partial charge in [-0.15, -0.1) is 0 Å². The van der Waals surface area contributed by atoms with Gasteiger partial charge in [-0.25, -0.2) is 4.98 Å². The van der Waals surface area contributed by atoms with Crippen molar-refractivity contribution >= 4 is 17.1 Å². The average molecular weight is 274 g/mol. The standard InChI is InChI=1S/C15H18N2O3/c1-10-6-7-11(15(18)19)8-17(10)9-14-16-12-4-2-3-5-13(12)20-14/h2-5,10-11H,6-9H2,1H3,(H,18,19). The van der Waals surface area contributed by atoms with Crippen LogP contribution < -0.4 is 0 Å². The zero-order valence-electron chi connectivity index (χ0n) is 11.5. The van der Waals surface area contributed by atoms with Gasteiger partial charge in [0.15, 0.2) is 5.58 Å². The lowest BCUT2D eigenvalue weighted by atomic mass is 9.93. The van der Waals surface area contributed by atoms with E-state index in [0.717, 1.165) is 23.9 Å². The molecule has 1 fully saturated rings. The number of likely N-dealkylation sites (tertiary alicyclic amines) is 1. The summed E-state index contributed by atoms with van der Waals surface area (Å²) in [5.41, 5.74) is 1.63. The molecule has 5 heteroatoms. The summed E-state index contributed by atoms with van der Waals surface area (Å²) in [6.45, 7) is 3.26. The lowest BCUT2D eigenvalue weighted by Gasteiger charge is -2.35. The summed E-state index contributed by atoms with van der Waals surface area (Å²) in [4.78, 5) is 17.7. The summed E-state index contributed by atoms with van der Waals surface area (Å²) in [5.74, 6) is -0.334. The van der Waals surface area contributed by atoms with Gasteiger partial charge in [0.25, 0.3) is 0 Å². The van der Waals surface area contributed by atoms with Gasteiger partial charge in [0, 0.05) is 12.6 Å². The van der Waals surface area contributed by atoms with E-state index in [1.807, 2.05) is 24.3 Å². The fraction of sp³-hybridized carbons (Fsp3) is 0.467. The fourth-order valence-corrected chi connectivity index (χ4v) is 2.76. The molecule has 0 bridgehead atoms. The van der Waals surface area contributed by atoms with E-state index >= 15 is 0 Å². The zero-order chi connectivity index (χ0) is 14.1. The Bertz CT molecular complexity index is 589. The van der Waals surface area contributed by atoms with E-state index in [4.69, 9.17) is 9.52 Å². The van der Waals surface area contributed by atoms with Crippen LogP contribution in [0.25, 0.3) is 11.1 Å². The molecule has 20 heavy (non-hydrogen) atoms. The number of hydrogen-bond donors (Lipinski definition) is 1. The molecule has 1 aromatic carbocycles. The van der Waals surface area contributed by atoms with E-state index in [-0.39, 0.29) is 5.92 Å². The van der Waals surface area contributed by atoms with Gasteiger partial charge in [-0.1, -0.05) is 12.1 Å². The van der Waals surface area contributed by atoms with E-state index in [0.29, 0.717) is 25.0 Å². The van der Waals surface area contributed by atoms with Gasteiger partial charge in [0.2, 0.25) is 5.89 Å². The SMILES string of the molecule is CC1CCC(C(=O)O)CN1Cc1nc2ccccc2o1. The number of para-hydroxylation sites is 2. The topological polar surface area (TPSA) is 66.6 Å². The van der Waals surface area contributed by atoms with Gasteiger partial charge in [0.05, 0.1) is 12.5 Å². The molecule has 0 aliphatic carbocycles. The molecule has 1 aromatic heterocycles. The van der Waals surface area contributed by atoms with Gasteiger partial charge in [-0.05, 0) is 31.9 Å². The molecule has 0 spiro atoms. The number of oxazole rings is 1. The van der Waals surface area contributed by atoms with Crippen LogP contribution in [-0.2, 0) is 11.3 Å². The highest BCUT2D eigenvalue weighted by molar-refractivity contribution is 5.72. The third kappa shape index (κ3) is 2.54. The highest BCUT2D eigenvalue weighted by Crippen LogP contribution is 2.24. The van der Waals surface area contributed by atoms with Gasteiger partial charge < -0.3 is 9.52 Å². The Morgan fingerprint density at radius 1 is 1.45 bits per heavy atom. The van der Waals surface area contributed by atoms with Crippen LogP contribution in [0.4, 0.5) is 0 Å². The van der Waals surface area contributed by atoms with Crippen molar-refractivity contribution in [2.45, 2.75) is 32.4 Å². The number of aliphatic carboxylic acids is 1. The molecule has 5 nitrogen and oxygen atoms in total. The predicted molar refractivity (Wildman–Crippen MR) is 74.2 cm³/mol. The number of nitrogens with zero attached hydrogens (tertiary/aromatic N) is 2. The Kier molecular flexibility index (Phi) is 3.44. The Balaban J connectivity index is 1.76. The largest absolute Gasteiger partial charge is 0.481 e. The van der Waals surface area contributed by atoms with E-state index in [1.54, 1.807) is 0 Å². The van der Waals surface area contributed by atoms with E-state index in [1.165, 1.54) is 0 Å². The third-order valence-electron chi connectivity index (χ3n) is 4.04. The molecule has 0 amide bonds. The van der Waals surface area contributed by atoms with Gasteiger partial charge in [0.1, 0.15) is 5.52 Å². The Labute approximate surface area is 117 Å². The minimum atomic E-state index is -0.709. The maximum Gasteiger partial charge on any atom is 0.307 e. The molecule has 2 aromatic rings. The molecular weight excluding hydrogens is 256 g/mol. The molecule has 2 heterocycles. The quantitative estimate of drug-likeness (QED) is 0.931. The molecule has 3 rings (SSSR count). The van der Waals surface area contributed by atoms with E-state index in [9.17, 15) is 4.79 Å². The number of hydrogen-bond acceptors (Lipinski definition) is 4. The van der Waals surface area contributed by atoms with Crippen LogP contribution in [0.5, 0.6) is 0 Å². The van der Waals surface area contributed by atoms with Gasteiger partial charge in [-0.3, -0.25) is 9.69 Å². The minimum Gasteiger partial charge on any atom is -0.481 e. The normalized spacial score (nSPS) is 24.1. The van der Waals surface area contributed by atoms with Crippen molar-refractivity contribution in [2.24, 2.45) is 5.92 Å². The first kappa shape index (κ1) is 13.1. The van der Waals surface area contributed by atoms with Crippen molar-refractivity contribution in [2.75, 3.05) is 6.54 Å². The van der Waals surface area contributed by atoms with Crippen molar-refractivity contribution < 1.29 is 14.3 Å². The highest BCUT2D eigenvalue weighted by Gasteiger charge is 2.30. The number of piperidine rings is 1. The molecule has 2 unspecified atom stereocenters. The summed E-state index contributed by atoms with van der Waals surface area (Å²) >= 11 is 0. The zero-order valence-corrected chi connectivity index (χ0v) is 11.5. The smallest absolute Gasteiger partial charge is 0.307 e. The van der Waals surface area contributed by atoms with Crippen molar-refractivity contribution in [1.82, 2.24) is 9.88 Å². The van der Waals surface area contributed by atoms with E-state index in [2.05, 4.69) is 16.8 Å². The lowest BCUT2D eigenvalue weighted by Crippen LogP contribution is -2.43. The third-order valence-corrected chi connectivity index (χ3v) is 4.04. The molecule has 1 saturated heterocycles. The molecule has 0 saturated carbocycles. The number of carboxylic acids is 1. The van der Waals surface area contributed by atoms with Crippen LogP contribution in [0.2, 0.25) is 0 Å². The second-order valence-corrected chi connectivity index (χ2v) is 5.47. The summed E-state index contributed by atoms with van der Waals surface area (Å²) in [7, 11) is 0. The molecule has 106 valence electrons. The summed E-state index contributed by atoms with van der Waals surface area (Å²) in [5, 5.41) is 9.16. The monoisotopic (exact) mass is 274 g/mol. The molecular formula is C15H18N2O3. The van der Waals surface area contributed by atoms with E-state index < -0.39 is 5.97 Å². The number of carboxylic acid groups (broad SMARTS) is 1. The molecule has 1 aliphatic rings. The number of aromatic nitrogens is 1. The summed E-state index contributed by atoms with van der Waals surface area (Å²) < 4.78 is 5.71. The predicted octanol–water partition coefficient (Wildman–Crippen LogP) is 2.51. The van der Waals surface area contributed by atoms with Gasteiger partial charge in [-0.2, -0.15) is 0 Å². The Morgan fingerprint density at radius 3 is 3.00 bits per heavy atom. The maximum absolute atomic E-state index is 11.1. The van der Waals surface area contributed by atoms with Gasteiger partial charge >= 0.3 is 5.97 Å². The van der Waals surface area contributed by atoms with Crippen LogP contribution in [0.1, 0.15) is 25.7 Å². The van der Waals surface area contributed by atoms with Crippen LogP contribution in [-0.4, -0.2) is 33.5 Å². The number of fused-ring (bicyclic) bond motifs is 1. The number of benzene rings is 1. The Hall–Kier alpha value is -1.88. The molecule has 0 radical (unpaired) electrons. The fourth-order valence-electron chi connectivity index (χ4n) is 2.76. The average Bonchev–Trinajstić information content (AvgIpc) is 2.83. The van der Waals surface area contributed by atoms with Crippen molar-refractivity contribution in [1.29, 1.82) is 0 Å². The first-order valence-electron chi connectivity index (χ1n) is 6.95. The van der Waals surface area contributed by atoms with Crippen molar-refractivity contribution in [3.63, 3.8) is 0 Å². The second kappa shape index (κ2) is 5.25. The van der Waals surface area contributed by atoms with Crippen molar-refractivity contribution in [3.05, 3.63) is 30.2 Å². The highest BCUT2D eigenvalue weighted by atomic mass is 16.4. The first-order chi connectivity index (χ1) is 9.63. The Morgan fingerprint density at radius 2 is 2.25 bits per heavy atom. The molecule has 1 aliphatic heterocycles.